The predicted octanol–water partition coefficient (Wildman–Crippen LogP) is 2.85. The van der Waals surface area contributed by atoms with Gasteiger partial charge in [0.15, 0.2) is 0 Å². The molecule has 1 aromatic carbocycles. The minimum absolute atomic E-state index is 0.336. The second-order valence-corrected chi connectivity index (χ2v) is 5.24. The first kappa shape index (κ1) is 14.1. The van der Waals surface area contributed by atoms with Gasteiger partial charge in [-0.25, -0.2) is 9.78 Å². The first-order chi connectivity index (χ1) is 10.6. The quantitative estimate of drug-likeness (QED) is 0.697. The van der Waals surface area contributed by atoms with Crippen LogP contribution >= 0.6 is 0 Å². The van der Waals surface area contributed by atoms with Crippen LogP contribution in [0.15, 0.2) is 48.8 Å². The van der Waals surface area contributed by atoms with Crippen molar-refractivity contribution in [3.05, 3.63) is 54.4 Å². The summed E-state index contributed by atoms with van der Waals surface area (Å²) >= 11 is 0. The molecular weight excluding hydrogens is 278 g/mol. The van der Waals surface area contributed by atoms with Crippen LogP contribution in [0, 0.1) is 0 Å². The maximum Gasteiger partial charge on any atom is 0.337 e. The maximum atomic E-state index is 11.5. The van der Waals surface area contributed by atoms with Gasteiger partial charge in [0.2, 0.25) is 0 Å². The molecule has 0 saturated carbocycles. The van der Waals surface area contributed by atoms with Gasteiger partial charge < -0.3 is 14.0 Å². The number of hydrogen-bond donors (Lipinski definition) is 0. The van der Waals surface area contributed by atoms with Gasteiger partial charge in [0.25, 0.3) is 0 Å². The molecule has 0 aliphatic heterocycles. The summed E-state index contributed by atoms with van der Waals surface area (Å²) in [5.41, 5.74) is 4.35. The summed E-state index contributed by atoms with van der Waals surface area (Å²) < 4.78 is 6.68. The summed E-state index contributed by atoms with van der Waals surface area (Å²) in [5.74, 6) is -0.336. The van der Waals surface area contributed by atoms with Gasteiger partial charge in [-0.15, -0.1) is 0 Å². The smallest absolute Gasteiger partial charge is 0.337 e. The van der Waals surface area contributed by atoms with Crippen molar-refractivity contribution in [2.75, 3.05) is 26.1 Å². The van der Waals surface area contributed by atoms with Gasteiger partial charge in [0.1, 0.15) is 5.65 Å². The summed E-state index contributed by atoms with van der Waals surface area (Å²) in [6, 6.07) is 11.3. The van der Waals surface area contributed by atoms with E-state index < -0.39 is 0 Å². The Balaban J connectivity index is 1.97. The number of methoxy groups -OCH3 is 1. The highest BCUT2D eigenvalue weighted by Crippen LogP contribution is 2.22. The van der Waals surface area contributed by atoms with Gasteiger partial charge in [-0.1, -0.05) is 12.1 Å². The average molecular weight is 295 g/mol. The van der Waals surface area contributed by atoms with Crippen molar-refractivity contribution in [3.63, 3.8) is 0 Å². The van der Waals surface area contributed by atoms with E-state index in [-0.39, 0.29) is 5.97 Å². The monoisotopic (exact) mass is 295 g/mol. The zero-order valence-corrected chi connectivity index (χ0v) is 12.8. The summed E-state index contributed by atoms with van der Waals surface area (Å²) in [7, 11) is 5.38. The zero-order valence-electron chi connectivity index (χ0n) is 12.8. The molecule has 5 heteroatoms. The molecule has 3 rings (SSSR count). The molecule has 0 bridgehead atoms. The van der Waals surface area contributed by atoms with Crippen molar-refractivity contribution in [3.8, 4) is 11.3 Å². The Hall–Kier alpha value is -2.82. The molecule has 5 nitrogen and oxygen atoms in total. The fraction of sp³-hybridized carbons (Fsp3) is 0.176. The van der Waals surface area contributed by atoms with Crippen LogP contribution < -0.4 is 4.90 Å². The van der Waals surface area contributed by atoms with E-state index in [1.807, 2.05) is 60.1 Å². The van der Waals surface area contributed by atoms with E-state index in [0.717, 1.165) is 22.6 Å². The van der Waals surface area contributed by atoms with Crippen molar-refractivity contribution < 1.29 is 9.53 Å². The number of fused-ring (bicyclic) bond motifs is 1. The fourth-order valence-electron chi connectivity index (χ4n) is 2.28. The molecule has 0 radical (unpaired) electrons. The van der Waals surface area contributed by atoms with E-state index in [0.29, 0.717) is 5.56 Å². The summed E-state index contributed by atoms with van der Waals surface area (Å²) in [4.78, 5) is 18.1. The molecule has 3 aromatic rings. The highest BCUT2D eigenvalue weighted by Gasteiger charge is 2.08. The molecular formula is C17H17N3O2. The minimum atomic E-state index is -0.336. The highest BCUT2D eigenvalue weighted by atomic mass is 16.5. The average Bonchev–Trinajstić information content (AvgIpc) is 2.97. The van der Waals surface area contributed by atoms with Crippen LogP contribution in [0.25, 0.3) is 16.9 Å². The minimum Gasteiger partial charge on any atom is -0.465 e. The topological polar surface area (TPSA) is 46.8 Å². The number of pyridine rings is 1. The van der Waals surface area contributed by atoms with Crippen molar-refractivity contribution in [1.29, 1.82) is 0 Å². The zero-order chi connectivity index (χ0) is 15.7. The Kier molecular flexibility index (Phi) is 3.55. The number of anilines is 1. The van der Waals surface area contributed by atoms with Gasteiger partial charge in [-0.05, 0) is 18.2 Å². The predicted molar refractivity (Wildman–Crippen MR) is 86.3 cm³/mol. The van der Waals surface area contributed by atoms with Gasteiger partial charge in [-0.2, -0.15) is 0 Å². The largest absolute Gasteiger partial charge is 0.465 e. The van der Waals surface area contributed by atoms with Crippen LogP contribution in [-0.4, -0.2) is 36.6 Å². The lowest BCUT2D eigenvalue weighted by molar-refractivity contribution is 0.0601. The second kappa shape index (κ2) is 5.52. The Morgan fingerprint density at radius 1 is 1.18 bits per heavy atom. The van der Waals surface area contributed by atoms with E-state index in [4.69, 9.17) is 4.74 Å². The molecule has 2 heterocycles. The van der Waals surface area contributed by atoms with Crippen LogP contribution in [0.5, 0.6) is 0 Å². The van der Waals surface area contributed by atoms with E-state index in [9.17, 15) is 4.79 Å². The lowest BCUT2D eigenvalue weighted by Crippen LogP contribution is -2.08. The van der Waals surface area contributed by atoms with Gasteiger partial charge in [-0.3, -0.25) is 0 Å². The van der Waals surface area contributed by atoms with Crippen LogP contribution in [0.2, 0.25) is 0 Å². The SMILES string of the molecule is COC(=O)c1ccc(-c2cn3ccc(N(C)C)cc3n2)cc1. The Morgan fingerprint density at radius 3 is 2.55 bits per heavy atom. The van der Waals surface area contributed by atoms with Crippen molar-refractivity contribution >= 4 is 17.3 Å². The maximum absolute atomic E-state index is 11.5. The lowest BCUT2D eigenvalue weighted by Gasteiger charge is -2.11. The van der Waals surface area contributed by atoms with E-state index in [1.165, 1.54) is 7.11 Å². The van der Waals surface area contributed by atoms with Crippen LogP contribution in [0.1, 0.15) is 10.4 Å². The number of esters is 1. The first-order valence-electron chi connectivity index (χ1n) is 6.93. The number of aromatic nitrogens is 2. The first-order valence-corrected chi connectivity index (χ1v) is 6.93. The third-order valence-electron chi connectivity index (χ3n) is 3.56. The molecule has 0 aliphatic rings. The number of imidazole rings is 1. The summed E-state index contributed by atoms with van der Waals surface area (Å²) in [5, 5.41) is 0. The van der Waals surface area contributed by atoms with Gasteiger partial charge in [0, 0.05) is 43.8 Å². The van der Waals surface area contributed by atoms with E-state index in [1.54, 1.807) is 12.1 Å². The molecule has 0 aliphatic carbocycles. The van der Waals surface area contributed by atoms with Crippen LogP contribution in [-0.2, 0) is 4.74 Å². The molecule has 2 aromatic heterocycles. The third kappa shape index (κ3) is 2.53. The van der Waals surface area contributed by atoms with E-state index in [2.05, 4.69) is 4.98 Å². The highest BCUT2D eigenvalue weighted by molar-refractivity contribution is 5.89. The van der Waals surface area contributed by atoms with Gasteiger partial charge >= 0.3 is 5.97 Å². The number of rotatable bonds is 3. The van der Waals surface area contributed by atoms with Crippen LogP contribution in [0.3, 0.4) is 0 Å². The molecule has 0 saturated heterocycles. The normalized spacial score (nSPS) is 10.7. The molecule has 0 spiro atoms. The second-order valence-electron chi connectivity index (χ2n) is 5.24. The number of carbonyl (C=O) groups is 1. The summed E-state index contributed by atoms with van der Waals surface area (Å²) in [6.45, 7) is 0. The number of hydrogen-bond acceptors (Lipinski definition) is 4. The number of carbonyl (C=O) groups excluding carboxylic acids is 1. The molecule has 112 valence electrons. The van der Waals surface area contributed by atoms with Crippen molar-refractivity contribution in [2.45, 2.75) is 0 Å². The van der Waals surface area contributed by atoms with Crippen molar-refractivity contribution in [2.24, 2.45) is 0 Å². The van der Waals surface area contributed by atoms with E-state index >= 15 is 0 Å². The number of ether oxygens (including phenoxy) is 1. The third-order valence-corrected chi connectivity index (χ3v) is 3.56. The Labute approximate surface area is 128 Å². The number of benzene rings is 1. The molecule has 0 atom stereocenters. The number of nitrogens with zero attached hydrogens (tertiary/aromatic N) is 3. The van der Waals surface area contributed by atoms with Crippen molar-refractivity contribution in [1.82, 2.24) is 9.38 Å². The molecule has 0 unspecified atom stereocenters. The molecule has 0 fully saturated rings. The summed E-state index contributed by atoms with van der Waals surface area (Å²) in [6.07, 6.45) is 3.96. The Bertz CT molecular complexity index is 820. The van der Waals surface area contributed by atoms with Gasteiger partial charge in [0.05, 0.1) is 18.4 Å². The Morgan fingerprint density at radius 2 is 1.91 bits per heavy atom. The van der Waals surface area contributed by atoms with Crippen LogP contribution in [0.4, 0.5) is 5.69 Å². The lowest BCUT2D eigenvalue weighted by atomic mass is 10.1. The molecule has 22 heavy (non-hydrogen) atoms. The molecule has 0 amide bonds. The standard InChI is InChI=1S/C17H17N3O2/c1-19(2)14-8-9-20-11-15(18-16(20)10-14)12-4-6-13(7-5-12)17(21)22-3/h4-11H,1-3H3. The fourth-order valence-corrected chi connectivity index (χ4v) is 2.28. The molecule has 0 N–H and O–H groups in total.